The summed E-state index contributed by atoms with van der Waals surface area (Å²) in [4.78, 5) is 18.1. The van der Waals surface area contributed by atoms with Crippen LogP contribution in [0.5, 0.6) is 5.75 Å². The SMILES string of the molecule is Cc1ncc(CO)c(CNC(C)C(=O)N2CCCC2)c1O. The molecule has 0 aliphatic carbocycles. The zero-order chi connectivity index (χ0) is 15.4. The molecule has 2 heterocycles. The van der Waals surface area contributed by atoms with Crippen LogP contribution in [-0.2, 0) is 17.9 Å². The van der Waals surface area contributed by atoms with Gasteiger partial charge in [0.05, 0.1) is 18.3 Å². The van der Waals surface area contributed by atoms with Crippen molar-refractivity contribution in [2.45, 2.75) is 45.9 Å². The van der Waals surface area contributed by atoms with Crippen molar-refractivity contribution in [3.05, 3.63) is 23.0 Å². The number of carbonyl (C=O) groups excluding carboxylic acids is 1. The average molecular weight is 293 g/mol. The first-order valence-corrected chi connectivity index (χ1v) is 7.34. The van der Waals surface area contributed by atoms with Crippen LogP contribution in [0.3, 0.4) is 0 Å². The number of aliphatic hydroxyl groups is 1. The molecule has 3 N–H and O–H groups in total. The molecular formula is C15H23N3O3. The molecule has 1 saturated heterocycles. The van der Waals surface area contributed by atoms with Gasteiger partial charge in [0, 0.05) is 37.0 Å². The van der Waals surface area contributed by atoms with E-state index in [9.17, 15) is 15.0 Å². The predicted octanol–water partition coefficient (Wildman–Crippen LogP) is 0.688. The highest BCUT2D eigenvalue weighted by Gasteiger charge is 2.23. The quantitative estimate of drug-likeness (QED) is 0.743. The largest absolute Gasteiger partial charge is 0.506 e. The predicted molar refractivity (Wildman–Crippen MR) is 78.7 cm³/mol. The molecular weight excluding hydrogens is 270 g/mol. The number of carbonyl (C=O) groups is 1. The van der Waals surface area contributed by atoms with Crippen molar-refractivity contribution in [3.8, 4) is 5.75 Å². The summed E-state index contributed by atoms with van der Waals surface area (Å²) in [5.41, 5.74) is 1.69. The molecule has 6 nitrogen and oxygen atoms in total. The Kier molecular flexibility index (Phi) is 5.14. The summed E-state index contributed by atoms with van der Waals surface area (Å²) in [6, 6.07) is -0.317. The van der Waals surface area contributed by atoms with Crippen LogP contribution >= 0.6 is 0 Å². The minimum Gasteiger partial charge on any atom is -0.506 e. The first-order chi connectivity index (χ1) is 10.0. The van der Waals surface area contributed by atoms with Crippen LogP contribution in [0.1, 0.15) is 36.6 Å². The molecule has 1 fully saturated rings. The number of amides is 1. The maximum Gasteiger partial charge on any atom is 0.239 e. The van der Waals surface area contributed by atoms with Gasteiger partial charge in [0.25, 0.3) is 0 Å². The van der Waals surface area contributed by atoms with E-state index in [1.54, 1.807) is 13.1 Å². The highest BCUT2D eigenvalue weighted by molar-refractivity contribution is 5.81. The van der Waals surface area contributed by atoms with Crippen molar-refractivity contribution in [2.75, 3.05) is 13.1 Å². The third-order valence-electron chi connectivity index (χ3n) is 3.97. The van der Waals surface area contributed by atoms with Gasteiger partial charge in [0.1, 0.15) is 5.75 Å². The van der Waals surface area contributed by atoms with E-state index in [4.69, 9.17) is 0 Å². The van der Waals surface area contributed by atoms with Crippen LogP contribution in [0, 0.1) is 6.92 Å². The molecule has 1 aliphatic rings. The summed E-state index contributed by atoms with van der Waals surface area (Å²) in [6.07, 6.45) is 3.69. The highest BCUT2D eigenvalue weighted by atomic mass is 16.3. The fourth-order valence-electron chi connectivity index (χ4n) is 2.57. The summed E-state index contributed by atoms with van der Waals surface area (Å²) in [7, 11) is 0. The van der Waals surface area contributed by atoms with Crippen LogP contribution < -0.4 is 5.32 Å². The molecule has 116 valence electrons. The molecule has 6 heteroatoms. The first-order valence-electron chi connectivity index (χ1n) is 7.34. The summed E-state index contributed by atoms with van der Waals surface area (Å²) < 4.78 is 0. The monoisotopic (exact) mass is 293 g/mol. The third-order valence-corrected chi connectivity index (χ3v) is 3.97. The molecule has 1 aliphatic heterocycles. The molecule has 1 aromatic heterocycles. The minimum atomic E-state index is -0.317. The molecule has 0 spiro atoms. The molecule has 0 bridgehead atoms. The molecule has 21 heavy (non-hydrogen) atoms. The number of nitrogens with one attached hydrogen (secondary N) is 1. The van der Waals surface area contributed by atoms with E-state index >= 15 is 0 Å². The lowest BCUT2D eigenvalue weighted by Gasteiger charge is -2.22. The summed E-state index contributed by atoms with van der Waals surface area (Å²) >= 11 is 0. The van der Waals surface area contributed by atoms with Gasteiger partial charge in [-0.2, -0.15) is 0 Å². The van der Waals surface area contributed by atoms with E-state index in [0.717, 1.165) is 25.9 Å². The van der Waals surface area contributed by atoms with Crippen LogP contribution in [0.4, 0.5) is 0 Å². The number of likely N-dealkylation sites (tertiary alicyclic amines) is 1. The standard InChI is InChI=1S/C15H23N3O3/c1-10-14(20)13(12(9-19)7-16-10)8-17-11(2)15(21)18-5-3-4-6-18/h7,11,17,19-20H,3-6,8-9H2,1-2H3. The van der Waals surface area contributed by atoms with Crippen molar-refractivity contribution in [2.24, 2.45) is 0 Å². The zero-order valence-electron chi connectivity index (χ0n) is 12.6. The lowest BCUT2D eigenvalue weighted by molar-refractivity contribution is -0.132. The van der Waals surface area contributed by atoms with Gasteiger partial charge >= 0.3 is 0 Å². The van der Waals surface area contributed by atoms with E-state index in [0.29, 0.717) is 23.4 Å². The smallest absolute Gasteiger partial charge is 0.239 e. The molecule has 1 aromatic rings. The maximum atomic E-state index is 12.2. The van der Waals surface area contributed by atoms with Crippen molar-refractivity contribution >= 4 is 5.91 Å². The minimum absolute atomic E-state index is 0.0786. The van der Waals surface area contributed by atoms with Crippen LogP contribution in [-0.4, -0.2) is 45.1 Å². The van der Waals surface area contributed by atoms with Crippen molar-refractivity contribution < 1.29 is 15.0 Å². The number of pyridine rings is 1. The second-order valence-electron chi connectivity index (χ2n) is 5.49. The molecule has 1 atom stereocenters. The van der Waals surface area contributed by atoms with E-state index in [2.05, 4.69) is 10.3 Å². The first kappa shape index (κ1) is 15.7. The van der Waals surface area contributed by atoms with Crippen LogP contribution in [0.15, 0.2) is 6.20 Å². The Bertz CT molecular complexity index is 513. The molecule has 1 amide bonds. The van der Waals surface area contributed by atoms with E-state index in [1.807, 2.05) is 11.8 Å². The van der Waals surface area contributed by atoms with Crippen LogP contribution in [0.2, 0.25) is 0 Å². The zero-order valence-corrected chi connectivity index (χ0v) is 12.6. The number of aryl methyl sites for hydroxylation is 1. The number of aromatic nitrogens is 1. The normalized spacial score (nSPS) is 16.2. The summed E-state index contributed by atoms with van der Waals surface area (Å²) in [6.45, 7) is 5.32. The van der Waals surface area contributed by atoms with E-state index in [-0.39, 0.29) is 24.3 Å². The topological polar surface area (TPSA) is 85.7 Å². The van der Waals surface area contributed by atoms with E-state index in [1.165, 1.54) is 0 Å². The second kappa shape index (κ2) is 6.87. The number of rotatable bonds is 5. The Hall–Kier alpha value is -1.66. The summed E-state index contributed by atoms with van der Waals surface area (Å²) in [5, 5.41) is 22.5. The number of aliphatic hydroxyl groups excluding tert-OH is 1. The number of hydrogen-bond donors (Lipinski definition) is 3. The van der Waals surface area contributed by atoms with Crippen molar-refractivity contribution in [1.29, 1.82) is 0 Å². The number of nitrogens with zero attached hydrogens (tertiary/aromatic N) is 2. The number of hydrogen-bond acceptors (Lipinski definition) is 5. The third kappa shape index (κ3) is 3.51. The Balaban J connectivity index is 2.02. The average Bonchev–Trinajstić information content (AvgIpc) is 3.01. The van der Waals surface area contributed by atoms with Gasteiger partial charge in [-0.05, 0) is 26.7 Å². The Morgan fingerprint density at radius 2 is 2.14 bits per heavy atom. The fraction of sp³-hybridized carbons (Fsp3) is 0.600. The summed E-state index contributed by atoms with van der Waals surface area (Å²) in [5.74, 6) is 0.165. The Morgan fingerprint density at radius 3 is 2.76 bits per heavy atom. The molecule has 0 saturated carbocycles. The number of aromatic hydroxyl groups is 1. The van der Waals surface area contributed by atoms with Crippen molar-refractivity contribution in [1.82, 2.24) is 15.2 Å². The van der Waals surface area contributed by atoms with E-state index < -0.39 is 0 Å². The highest BCUT2D eigenvalue weighted by Crippen LogP contribution is 2.23. The van der Waals surface area contributed by atoms with Crippen molar-refractivity contribution in [3.63, 3.8) is 0 Å². The van der Waals surface area contributed by atoms with Gasteiger partial charge in [0.2, 0.25) is 5.91 Å². The van der Waals surface area contributed by atoms with Gasteiger partial charge in [-0.1, -0.05) is 0 Å². The van der Waals surface area contributed by atoms with Gasteiger partial charge in [0.15, 0.2) is 0 Å². The fourth-order valence-corrected chi connectivity index (χ4v) is 2.57. The molecule has 2 rings (SSSR count). The maximum absolute atomic E-state index is 12.2. The lowest BCUT2D eigenvalue weighted by Crippen LogP contribution is -2.43. The van der Waals surface area contributed by atoms with Gasteiger partial charge < -0.3 is 20.4 Å². The molecule has 1 unspecified atom stereocenters. The van der Waals surface area contributed by atoms with Gasteiger partial charge in [-0.15, -0.1) is 0 Å². The lowest BCUT2D eigenvalue weighted by atomic mass is 10.1. The van der Waals surface area contributed by atoms with Crippen LogP contribution in [0.25, 0.3) is 0 Å². The second-order valence-corrected chi connectivity index (χ2v) is 5.49. The van der Waals surface area contributed by atoms with Gasteiger partial charge in [-0.25, -0.2) is 0 Å². The molecule has 0 aromatic carbocycles. The molecule has 0 radical (unpaired) electrons. The Morgan fingerprint density at radius 1 is 1.48 bits per heavy atom. The Labute approximate surface area is 124 Å². The van der Waals surface area contributed by atoms with Gasteiger partial charge in [-0.3, -0.25) is 9.78 Å².